The molecule has 6 rings (SSSR count). The maximum Gasteiger partial charge on any atom is -0.00204 e. The summed E-state index contributed by atoms with van der Waals surface area (Å²) in [6, 6.07) is 43.8. The van der Waals surface area contributed by atoms with Crippen molar-refractivity contribution in [2.45, 2.75) is 0 Å². The highest BCUT2D eigenvalue weighted by atomic mass is 14.2. The summed E-state index contributed by atoms with van der Waals surface area (Å²) < 4.78 is 0. The maximum absolute atomic E-state index is 2.39. The molecule has 0 nitrogen and oxygen atoms in total. The van der Waals surface area contributed by atoms with Gasteiger partial charge in [0.15, 0.2) is 0 Å². The van der Waals surface area contributed by atoms with E-state index in [4.69, 9.17) is 0 Å². The Morgan fingerprint density at radius 3 is 1.73 bits per heavy atom. The molecule has 0 N–H and O–H groups in total. The van der Waals surface area contributed by atoms with Gasteiger partial charge in [0.1, 0.15) is 0 Å². The minimum atomic E-state index is 1.25. The summed E-state index contributed by atoms with van der Waals surface area (Å²) in [5.41, 5.74) is 5.07. The van der Waals surface area contributed by atoms with E-state index >= 15 is 0 Å². The van der Waals surface area contributed by atoms with Crippen molar-refractivity contribution in [3.63, 3.8) is 0 Å². The Kier molecular flexibility index (Phi) is 3.89. The maximum atomic E-state index is 2.39. The first-order chi connectivity index (χ1) is 14.9. The lowest BCUT2D eigenvalue weighted by Gasteiger charge is -2.16. The average molecular weight is 380 g/mol. The largest absolute Gasteiger partial charge is 0.0622 e. The van der Waals surface area contributed by atoms with Crippen LogP contribution >= 0.6 is 0 Å². The van der Waals surface area contributed by atoms with Crippen molar-refractivity contribution >= 4 is 32.3 Å². The van der Waals surface area contributed by atoms with Gasteiger partial charge in [-0.2, -0.15) is 0 Å². The number of hydrogen-bond donors (Lipinski definition) is 0. The summed E-state index contributed by atoms with van der Waals surface area (Å²) in [7, 11) is 0. The van der Waals surface area contributed by atoms with E-state index in [-0.39, 0.29) is 0 Å². The zero-order valence-electron chi connectivity index (χ0n) is 16.5. The monoisotopic (exact) mass is 380 g/mol. The third kappa shape index (κ3) is 2.62. The van der Waals surface area contributed by atoms with E-state index in [0.717, 1.165) is 0 Å². The van der Waals surface area contributed by atoms with Gasteiger partial charge in [-0.05, 0) is 60.6 Å². The van der Waals surface area contributed by atoms with Gasteiger partial charge >= 0.3 is 0 Å². The summed E-state index contributed by atoms with van der Waals surface area (Å²) >= 11 is 0. The Labute approximate surface area is 176 Å². The van der Waals surface area contributed by atoms with E-state index in [1.165, 1.54) is 54.6 Å². The molecule has 0 aliphatic rings. The highest BCUT2D eigenvalue weighted by Gasteiger charge is 2.14. The minimum Gasteiger partial charge on any atom is -0.0622 e. The lowest BCUT2D eigenvalue weighted by Crippen LogP contribution is -1.89. The zero-order chi connectivity index (χ0) is 19.9. The van der Waals surface area contributed by atoms with Crippen molar-refractivity contribution < 1.29 is 0 Å². The first-order valence-corrected chi connectivity index (χ1v) is 10.4. The molecule has 30 heavy (non-hydrogen) atoms. The second-order valence-corrected chi connectivity index (χ2v) is 7.77. The van der Waals surface area contributed by atoms with Crippen LogP contribution in [-0.4, -0.2) is 0 Å². The van der Waals surface area contributed by atoms with Crippen LogP contribution in [0, 0.1) is 0 Å². The molecule has 140 valence electrons. The van der Waals surface area contributed by atoms with Crippen molar-refractivity contribution in [3.05, 3.63) is 121 Å². The molecule has 0 radical (unpaired) electrons. The molecule has 6 aromatic rings. The zero-order valence-corrected chi connectivity index (χ0v) is 16.5. The summed E-state index contributed by atoms with van der Waals surface area (Å²) in [4.78, 5) is 0. The normalized spacial score (nSPS) is 11.3. The van der Waals surface area contributed by atoms with Crippen molar-refractivity contribution in [2.24, 2.45) is 0 Å². The Bertz CT molecular complexity index is 1510. The SMILES string of the molecule is c1ccc(-c2cccc3c2cc(-c2ccccc2)c2c4ccccc4ccc32)cc1. The second-order valence-electron chi connectivity index (χ2n) is 7.77. The molecule has 0 unspecified atom stereocenters. The van der Waals surface area contributed by atoms with Crippen molar-refractivity contribution in [2.75, 3.05) is 0 Å². The van der Waals surface area contributed by atoms with Crippen molar-refractivity contribution in [1.82, 2.24) is 0 Å². The number of fused-ring (bicyclic) bond motifs is 5. The third-order valence-corrected chi connectivity index (χ3v) is 6.05. The van der Waals surface area contributed by atoms with Gasteiger partial charge in [0.05, 0.1) is 0 Å². The molecule has 0 bridgehead atoms. The van der Waals surface area contributed by atoms with Gasteiger partial charge < -0.3 is 0 Å². The van der Waals surface area contributed by atoms with Gasteiger partial charge in [-0.25, -0.2) is 0 Å². The van der Waals surface area contributed by atoms with Gasteiger partial charge in [-0.1, -0.05) is 115 Å². The lowest BCUT2D eigenvalue weighted by atomic mass is 9.87. The summed E-state index contributed by atoms with van der Waals surface area (Å²) in [6.45, 7) is 0. The summed E-state index contributed by atoms with van der Waals surface area (Å²) in [5, 5.41) is 7.82. The molecule has 0 aliphatic carbocycles. The van der Waals surface area contributed by atoms with Gasteiger partial charge in [0.25, 0.3) is 0 Å². The van der Waals surface area contributed by atoms with E-state index in [1.54, 1.807) is 0 Å². The van der Waals surface area contributed by atoms with Crippen LogP contribution in [-0.2, 0) is 0 Å². The lowest BCUT2D eigenvalue weighted by molar-refractivity contribution is 1.65. The topological polar surface area (TPSA) is 0 Å². The number of rotatable bonds is 2. The van der Waals surface area contributed by atoms with Crippen LogP contribution < -0.4 is 0 Å². The fraction of sp³-hybridized carbons (Fsp3) is 0. The molecule has 0 fully saturated rings. The molecule has 0 aromatic heterocycles. The molecule has 0 heterocycles. The van der Waals surface area contributed by atoms with E-state index < -0.39 is 0 Å². The highest BCUT2D eigenvalue weighted by molar-refractivity contribution is 6.24. The van der Waals surface area contributed by atoms with Crippen molar-refractivity contribution in [3.8, 4) is 22.3 Å². The van der Waals surface area contributed by atoms with Crippen LogP contribution in [0.3, 0.4) is 0 Å². The molecule has 0 spiro atoms. The van der Waals surface area contributed by atoms with Crippen LogP contribution in [0.15, 0.2) is 121 Å². The molecule has 0 aliphatic heterocycles. The van der Waals surface area contributed by atoms with Gasteiger partial charge in [0, 0.05) is 0 Å². The van der Waals surface area contributed by atoms with Crippen LogP contribution in [0.1, 0.15) is 0 Å². The van der Waals surface area contributed by atoms with E-state index in [1.807, 2.05) is 0 Å². The van der Waals surface area contributed by atoms with Crippen LogP contribution in [0.5, 0.6) is 0 Å². The Hall–Kier alpha value is -3.90. The van der Waals surface area contributed by atoms with Crippen LogP contribution in [0.25, 0.3) is 54.6 Å². The first-order valence-electron chi connectivity index (χ1n) is 10.4. The second kappa shape index (κ2) is 6.86. The number of hydrogen-bond acceptors (Lipinski definition) is 0. The molecular formula is C30H20. The number of benzene rings is 6. The van der Waals surface area contributed by atoms with E-state index in [0.29, 0.717) is 0 Å². The fourth-order valence-corrected chi connectivity index (χ4v) is 4.67. The Balaban J connectivity index is 1.83. The third-order valence-electron chi connectivity index (χ3n) is 6.05. The smallest absolute Gasteiger partial charge is 0.00204 e. The first kappa shape index (κ1) is 17.0. The molecular weight excluding hydrogens is 360 g/mol. The van der Waals surface area contributed by atoms with Crippen LogP contribution in [0.4, 0.5) is 0 Å². The van der Waals surface area contributed by atoms with Crippen molar-refractivity contribution in [1.29, 1.82) is 0 Å². The molecule has 0 atom stereocenters. The predicted molar refractivity (Wildman–Crippen MR) is 130 cm³/mol. The standard InChI is InChI=1S/C30H20/c1-3-10-21(11-4-1)24-16-9-17-26-27-19-18-23-14-7-8-15-25(23)30(27)28(20-29(24)26)22-12-5-2-6-13-22/h1-20H. The fourth-order valence-electron chi connectivity index (χ4n) is 4.67. The predicted octanol–water partition coefficient (Wildman–Crippen LogP) is 8.48. The molecule has 0 amide bonds. The minimum absolute atomic E-state index is 1.25. The van der Waals surface area contributed by atoms with E-state index in [2.05, 4.69) is 121 Å². The highest BCUT2D eigenvalue weighted by Crippen LogP contribution is 2.41. The molecule has 6 aromatic carbocycles. The van der Waals surface area contributed by atoms with Gasteiger partial charge in [-0.15, -0.1) is 0 Å². The van der Waals surface area contributed by atoms with Gasteiger partial charge in [0.2, 0.25) is 0 Å². The average Bonchev–Trinajstić information content (AvgIpc) is 2.84. The van der Waals surface area contributed by atoms with Gasteiger partial charge in [-0.3, -0.25) is 0 Å². The Morgan fingerprint density at radius 1 is 0.333 bits per heavy atom. The summed E-state index contributed by atoms with van der Waals surface area (Å²) in [5.74, 6) is 0. The Morgan fingerprint density at radius 2 is 0.967 bits per heavy atom. The van der Waals surface area contributed by atoms with Crippen LogP contribution in [0.2, 0.25) is 0 Å². The summed E-state index contributed by atoms with van der Waals surface area (Å²) in [6.07, 6.45) is 0. The molecule has 0 saturated heterocycles. The molecule has 0 saturated carbocycles. The molecule has 0 heteroatoms. The van der Waals surface area contributed by atoms with E-state index in [9.17, 15) is 0 Å². The quantitative estimate of drug-likeness (QED) is 0.264.